The number of aromatic nitrogens is 3. The lowest BCUT2D eigenvalue weighted by Gasteiger charge is -1.96. The third-order valence-corrected chi connectivity index (χ3v) is 5.34. The molecule has 0 saturated carbocycles. The largest absolute Gasteiger partial charge is 0.254 e. The van der Waals surface area contributed by atoms with E-state index < -0.39 is 0 Å². The summed E-state index contributed by atoms with van der Waals surface area (Å²) in [6.07, 6.45) is 0.694. The van der Waals surface area contributed by atoms with Gasteiger partial charge in [0.2, 0.25) is 0 Å². The Hall–Kier alpha value is -1.01. The first-order valence-corrected chi connectivity index (χ1v) is 8.77. The second-order valence-electron chi connectivity index (χ2n) is 4.35. The minimum Gasteiger partial charge on any atom is -0.254 e. The molecule has 0 bridgehead atoms. The Bertz CT molecular complexity index is 722. The fourth-order valence-corrected chi connectivity index (χ4v) is 3.85. The summed E-state index contributed by atoms with van der Waals surface area (Å²) in [4.78, 5) is 5.71. The average molecular weight is 356 g/mol. The van der Waals surface area contributed by atoms with Gasteiger partial charge in [0, 0.05) is 22.1 Å². The van der Waals surface area contributed by atoms with E-state index in [2.05, 4.69) is 15.2 Å². The molecule has 21 heavy (non-hydrogen) atoms. The second kappa shape index (κ2) is 6.83. The van der Waals surface area contributed by atoms with Gasteiger partial charge in [0.05, 0.1) is 4.34 Å². The average Bonchev–Trinajstić information content (AvgIpc) is 3.08. The molecule has 2 aromatic heterocycles. The summed E-state index contributed by atoms with van der Waals surface area (Å²) in [6.45, 7) is 0. The SMILES string of the molecule is Clc1ccc(Cc2n[nH]c(SCc3ccc(Cl)s3)n2)cc1. The lowest BCUT2D eigenvalue weighted by Crippen LogP contribution is -1.90. The van der Waals surface area contributed by atoms with Crippen LogP contribution >= 0.6 is 46.3 Å². The zero-order chi connectivity index (χ0) is 14.7. The lowest BCUT2D eigenvalue weighted by molar-refractivity contribution is 0.956. The van der Waals surface area contributed by atoms with Crippen LogP contribution in [0.25, 0.3) is 0 Å². The molecule has 0 amide bonds. The van der Waals surface area contributed by atoms with Gasteiger partial charge in [-0.1, -0.05) is 47.1 Å². The first kappa shape index (κ1) is 14.9. The van der Waals surface area contributed by atoms with Gasteiger partial charge in [0.1, 0.15) is 0 Å². The summed E-state index contributed by atoms with van der Waals surface area (Å²) >= 11 is 15.0. The van der Waals surface area contributed by atoms with Crippen LogP contribution in [0.2, 0.25) is 9.36 Å². The number of thioether (sulfide) groups is 1. The van der Waals surface area contributed by atoms with Crippen molar-refractivity contribution in [3.8, 4) is 0 Å². The molecule has 0 spiro atoms. The van der Waals surface area contributed by atoms with Gasteiger partial charge in [-0.25, -0.2) is 4.98 Å². The number of halogens is 2. The highest BCUT2D eigenvalue weighted by atomic mass is 35.5. The fourth-order valence-electron chi connectivity index (χ4n) is 1.78. The minimum atomic E-state index is 0.694. The van der Waals surface area contributed by atoms with Crippen LogP contribution in [0.4, 0.5) is 0 Å². The Labute approximate surface area is 140 Å². The summed E-state index contributed by atoms with van der Waals surface area (Å²) in [7, 11) is 0. The van der Waals surface area contributed by atoms with Gasteiger partial charge in [-0.15, -0.1) is 11.3 Å². The van der Waals surface area contributed by atoms with E-state index in [1.807, 2.05) is 36.4 Å². The van der Waals surface area contributed by atoms with Crippen molar-refractivity contribution >= 4 is 46.3 Å². The Morgan fingerprint density at radius 3 is 2.62 bits per heavy atom. The van der Waals surface area contributed by atoms with Crippen LogP contribution in [-0.2, 0) is 12.2 Å². The predicted octanol–water partition coefficient (Wildman–Crippen LogP) is 5.06. The Morgan fingerprint density at radius 1 is 1.10 bits per heavy atom. The zero-order valence-corrected chi connectivity index (χ0v) is 14.0. The Morgan fingerprint density at radius 2 is 1.90 bits per heavy atom. The van der Waals surface area contributed by atoms with Crippen molar-refractivity contribution in [2.45, 2.75) is 17.3 Å². The summed E-state index contributed by atoms with van der Waals surface area (Å²) in [5.74, 6) is 1.62. The van der Waals surface area contributed by atoms with Crippen LogP contribution in [0.5, 0.6) is 0 Å². The van der Waals surface area contributed by atoms with E-state index in [-0.39, 0.29) is 0 Å². The van der Waals surface area contributed by atoms with Gasteiger partial charge < -0.3 is 0 Å². The molecule has 0 aliphatic rings. The van der Waals surface area contributed by atoms with Crippen molar-refractivity contribution < 1.29 is 0 Å². The molecule has 7 heteroatoms. The predicted molar refractivity (Wildman–Crippen MR) is 89.5 cm³/mol. The van der Waals surface area contributed by atoms with Gasteiger partial charge in [-0.2, -0.15) is 5.10 Å². The van der Waals surface area contributed by atoms with Crippen LogP contribution in [-0.4, -0.2) is 15.2 Å². The molecule has 3 rings (SSSR count). The third-order valence-electron chi connectivity index (χ3n) is 2.77. The summed E-state index contributed by atoms with van der Waals surface area (Å²) in [5.41, 5.74) is 1.14. The first-order chi connectivity index (χ1) is 10.2. The van der Waals surface area contributed by atoms with E-state index in [1.165, 1.54) is 4.88 Å². The van der Waals surface area contributed by atoms with Crippen molar-refractivity contribution in [1.29, 1.82) is 0 Å². The van der Waals surface area contributed by atoms with Gasteiger partial charge in [-0.3, -0.25) is 5.10 Å². The van der Waals surface area contributed by atoms with Crippen molar-refractivity contribution in [1.82, 2.24) is 15.2 Å². The summed E-state index contributed by atoms with van der Waals surface area (Å²) in [5, 5.41) is 8.76. The molecular formula is C14H11Cl2N3S2. The van der Waals surface area contributed by atoms with Gasteiger partial charge in [0.25, 0.3) is 0 Å². The number of hydrogen-bond donors (Lipinski definition) is 1. The number of thiophene rings is 1. The highest BCUT2D eigenvalue weighted by molar-refractivity contribution is 7.98. The number of hydrogen-bond acceptors (Lipinski definition) is 4. The molecule has 1 aromatic carbocycles. The number of H-pyrrole nitrogens is 1. The molecule has 0 fully saturated rings. The molecule has 0 aliphatic heterocycles. The molecule has 0 unspecified atom stereocenters. The van der Waals surface area contributed by atoms with Crippen LogP contribution in [0, 0.1) is 0 Å². The van der Waals surface area contributed by atoms with Crippen LogP contribution in [0.15, 0.2) is 41.6 Å². The highest BCUT2D eigenvalue weighted by Crippen LogP contribution is 2.27. The maximum Gasteiger partial charge on any atom is 0.184 e. The maximum absolute atomic E-state index is 5.91. The quantitative estimate of drug-likeness (QED) is 0.650. The Kier molecular flexibility index (Phi) is 4.85. The third kappa shape index (κ3) is 4.23. The number of aromatic amines is 1. The monoisotopic (exact) mass is 355 g/mol. The molecule has 0 aliphatic carbocycles. The van der Waals surface area contributed by atoms with Crippen LogP contribution in [0.1, 0.15) is 16.3 Å². The summed E-state index contributed by atoms with van der Waals surface area (Å²) in [6, 6.07) is 11.7. The van der Waals surface area contributed by atoms with Crippen molar-refractivity contribution in [3.05, 3.63) is 62.0 Å². The Balaban J connectivity index is 1.59. The topological polar surface area (TPSA) is 41.6 Å². The van der Waals surface area contributed by atoms with E-state index in [0.29, 0.717) is 6.42 Å². The molecule has 3 aromatic rings. The highest BCUT2D eigenvalue weighted by Gasteiger charge is 2.06. The number of benzene rings is 1. The van der Waals surface area contributed by atoms with Crippen molar-refractivity contribution in [2.75, 3.05) is 0 Å². The lowest BCUT2D eigenvalue weighted by atomic mass is 10.1. The molecule has 0 atom stereocenters. The van der Waals surface area contributed by atoms with E-state index in [0.717, 1.165) is 31.7 Å². The van der Waals surface area contributed by atoms with Crippen molar-refractivity contribution in [3.63, 3.8) is 0 Å². The van der Waals surface area contributed by atoms with E-state index in [9.17, 15) is 0 Å². The standard InChI is InChI=1S/C14H11Cl2N3S2/c15-10-3-1-9(2-4-10)7-13-17-14(19-18-13)20-8-11-5-6-12(16)21-11/h1-6H,7-8H2,(H,17,18,19). The molecule has 0 saturated heterocycles. The molecule has 1 N–H and O–H groups in total. The van der Waals surface area contributed by atoms with Gasteiger partial charge >= 0.3 is 0 Å². The molecule has 108 valence electrons. The smallest absolute Gasteiger partial charge is 0.184 e. The van der Waals surface area contributed by atoms with E-state index in [4.69, 9.17) is 23.2 Å². The fraction of sp³-hybridized carbons (Fsp3) is 0.143. The second-order valence-corrected chi connectivity index (χ2v) is 7.55. The van der Waals surface area contributed by atoms with Crippen molar-refractivity contribution in [2.24, 2.45) is 0 Å². The molecule has 3 nitrogen and oxygen atoms in total. The van der Waals surface area contributed by atoms with Crippen LogP contribution < -0.4 is 0 Å². The number of nitrogens with one attached hydrogen (secondary N) is 1. The van der Waals surface area contributed by atoms with E-state index in [1.54, 1.807) is 23.1 Å². The number of nitrogens with zero attached hydrogens (tertiary/aromatic N) is 2. The maximum atomic E-state index is 5.91. The van der Waals surface area contributed by atoms with E-state index >= 15 is 0 Å². The number of rotatable bonds is 5. The molecular weight excluding hydrogens is 345 g/mol. The first-order valence-electron chi connectivity index (χ1n) is 6.22. The molecule has 2 heterocycles. The normalized spacial score (nSPS) is 11.0. The zero-order valence-electron chi connectivity index (χ0n) is 10.8. The molecule has 0 radical (unpaired) electrons. The minimum absolute atomic E-state index is 0.694. The van der Waals surface area contributed by atoms with Crippen LogP contribution in [0.3, 0.4) is 0 Å². The summed E-state index contributed by atoms with van der Waals surface area (Å²) < 4.78 is 0.812. The van der Waals surface area contributed by atoms with Gasteiger partial charge in [-0.05, 0) is 29.8 Å². The van der Waals surface area contributed by atoms with Gasteiger partial charge in [0.15, 0.2) is 11.0 Å².